The number of amides is 1. The standard InChI is InChI=1S/C20H18N2O3/c1-14(16-7-4-8-18(23)11-16)21-22-20(24)13-25-19-10-9-15-5-2-3-6-17(15)12-19/h2-12,23H,13H2,1H3,(H,22,24)/b21-14-. The van der Waals surface area contributed by atoms with Gasteiger partial charge in [0, 0.05) is 5.56 Å². The summed E-state index contributed by atoms with van der Waals surface area (Å²) in [5.41, 5.74) is 3.77. The van der Waals surface area contributed by atoms with Crippen LogP contribution in [-0.2, 0) is 4.79 Å². The molecule has 0 aliphatic heterocycles. The monoisotopic (exact) mass is 334 g/mol. The zero-order valence-corrected chi connectivity index (χ0v) is 13.8. The molecule has 0 fully saturated rings. The number of carbonyl (C=O) groups is 1. The molecule has 0 saturated heterocycles. The molecule has 0 atom stereocenters. The lowest BCUT2D eigenvalue weighted by Crippen LogP contribution is -2.25. The van der Waals surface area contributed by atoms with E-state index in [1.54, 1.807) is 31.2 Å². The van der Waals surface area contributed by atoms with Crippen molar-refractivity contribution in [1.29, 1.82) is 0 Å². The van der Waals surface area contributed by atoms with Crippen LogP contribution in [0.3, 0.4) is 0 Å². The molecule has 126 valence electrons. The molecule has 0 heterocycles. The van der Waals surface area contributed by atoms with Crippen molar-refractivity contribution in [1.82, 2.24) is 5.43 Å². The number of carbonyl (C=O) groups excluding carboxylic acids is 1. The van der Waals surface area contributed by atoms with Crippen LogP contribution in [-0.4, -0.2) is 23.3 Å². The Bertz CT molecular complexity index is 935. The Hall–Kier alpha value is -3.34. The van der Waals surface area contributed by atoms with Crippen LogP contribution in [0.25, 0.3) is 10.8 Å². The molecule has 0 bridgehead atoms. The van der Waals surface area contributed by atoms with Gasteiger partial charge in [-0.15, -0.1) is 0 Å². The predicted octanol–water partition coefficient (Wildman–Crippen LogP) is 3.46. The number of ether oxygens (including phenoxy) is 1. The van der Waals surface area contributed by atoms with Crippen LogP contribution in [0.15, 0.2) is 71.8 Å². The summed E-state index contributed by atoms with van der Waals surface area (Å²) in [5, 5.41) is 15.7. The zero-order chi connectivity index (χ0) is 17.6. The Kier molecular flexibility index (Phi) is 4.95. The van der Waals surface area contributed by atoms with Crippen LogP contribution in [0.1, 0.15) is 12.5 Å². The number of fused-ring (bicyclic) bond motifs is 1. The highest BCUT2D eigenvalue weighted by atomic mass is 16.5. The van der Waals surface area contributed by atoms with Gasteiger partial charge in [0.2, 0.25) is 0 Å². The average Bonchev–Trinajstić information content (AvgIpc) is 2.64. The van der Waals surface area contributed by atoms with Crippen LogP contribution < -0.4 is 10.2 Å². The van der Waals surface area contributed by atoms with E-state index in [0.717, 1.165) is 16.3 Å². The van der Waals surface area contributed by atoms with Crippen LogP contribution in [0.4, 0.5) is 0 Å². The van der Waals surface area contributed by atoms with Gasteiger partial charge in [-0.1, -0.05) is 42.5 Å². The first kappa shape index (κ1) is 16.5. The molecule has 3 aromatic carbocycles. The van der Waals surface area contributed by atoms with Crippen molar-refractivity contribution in [2.24, 2.45) is 5.10 Å². The van der Waals surface area contributed by atoms with Crippen molar-refractivity contribution in [2.75, 3.05) is 6.61 Å². The lowest BCUT2D eigenvalue weighted by molar-refractivity contribution is -0.123. The van der Waals surface area contributed by atoms with Crippen LogP contribution >= 0.6 is 0 Å². The Balaban J connectivity index is 1.57. The third kappa shape index (κ3) is 4.35. The number of aromatic hydroxyl groups is 1. The van der Waals surface area contributed by atoms with Gasteiger partial charge in [-0.25, -0.2) is 5.43 Å². The topological polar surface area (TPSA) is 70.9 Å². The van der Waals surface area contributed by atoms with Gasteiger partial charge in [0.1, 0.15) is 11.5 Å². The molecule has 0 saturated carbocycles. The molecule has 0 unspecified atom stereocenters. The fraction of sp³-hybridized carbons (Fsp3) is 0.100. The largest absolute Gasteiger partial charge is 0.508 e. The molecular weight excluding hydrogens is 316 g/mol. The number of hydrogen-bond acceptors (Lipinski definition) is 4. The van der Waals surface area contributed by atoms with E-state index in [4.69, 9.17) is 4.74 Å². The molecular formula is C20H18N2O3. The van der Waals surface area contributed by atoms with Crippen molar-refractivity contribution >= 4 is 22.4 Å². The van der Waals surface area contributed by atoms with Crippen molar-refractivity contribution in [3.63, 3.8) is 0 Å². The van der Waals surface area contributed by atoms with Crippen molar-refractivity contribution < 1.29 is 14.6 Å². The van der Waals surface area contributed by atoms with Crippen molar-refractivity contribution in [3.8, 4) is 11.5 Å². The predicted molar refractivity (Wildman–Crippen MR) is 97.9 cm³/mol. The fourth-order valence-corrected chi connectivity index (χ4v) is 2.38. The van der Waals surface area contributed by atoms with E-state index >= 15 is 0 Å². The molecule has 3 aromatic rings. The first-order chi connectivity index (χ1) is 12.1. The van der Waals surface area contributed by atoms with E-state index in [1.807, 2.05) is 42.5 Å². The summed E-state index contributed by atoms with van der Waals surface area (Å²) in [6.45, 7) is 1.62. The van der Waals surface area contributed by atoms with Gasteiger partial charge < -0.3 is 9.84 Å². The normalized spacial score (nSPS) is 11.3. The number of benzene rings is 3. The van der Waals surface area contributed by atoms with Crippen molar-refractivity contribution in [3.05, 3.63) is 72.3 Å². The van der Waals surface area contributed by atoms with Gasteiger partial charge in [0.05, 0.1) is 5.71 Å². The summed E-state index contributed by atoms with van der Waals surface area (Å²) in [6.07, 6.45) is 0. The highest BCUT2D eigenvalue weighted by Crippen LogP contribution is 2.20. The SMILES string of the molecule is C/C(=N/NC(=O)COc1ccc2ccccc2c1)c1cccc(O)c1. The molecule has 5 heteroatoms. The Labute approximate surface area is 145 Å². The molecule has 1 amide bonds. The summed E-state index contributed by atoms with van der Waals surface area (Å²) < 4.78 is 5.51. The van der Waals surface area contributed by atoms with Crippen LogP contribution in [0.2, 0.25) is 0 Å². The summed E-state index contributed by atoms with van der Waals surface area (Å²) in [6, 6.07) is 20.3. The van der Waals surface area contributed by atoms with E-state index in [1.165, 1.54) is 0 Å². The third-order valence-corrected chi connectivity index (χ3v) is 3.70. The maximum absolute atomic E-state index is 11.9. The van der Waals surface area contributed by atoms with E-state index in [9.17, 15) is 9.90 Å². The lowest BCUT2D eigenvalue weighted by Gasteiger charge is -2.07. The maximum atomic E-state index is 11.9. The van der Waals surface area contributed by atoms with Gasteiger partial charge in [-0.2, -0.15) is 5.10 Å². The fourth-order valence-electron chi connectivity index (χ4n) is 2.38. The molecule has 0 aromatic heterocycles. The molecule has 25 heavy (non-hydrogen) atoms. The van der Waals surface area contributed by atoms with Gasteiger partial charge in [0.15, 0.2) is 6.61 Å². The summed E-state index contributed by atoms with van der Waals surface area (Å²) in [4.78, 5) is 11.9. The number of nitrogens with one attached hydrogen (secondary N) is 1. The molecule has 0 aliphatic rings. The summed E-state index contributed by atoms with van der Waals surface area (Å²) in [5.74, 6) is 0.424. The van der Waals surface area contributed by atoms with Gasteiger partial charge in [0.25, 0.3) is 5.91 Å². The van der Waals surface area contributed by atoms with E-state index < -0.39 is 0 Å². The van der Waals surface area contributed by atoms with Gasteiger partial charge >= 0.3 is 0 Å². The molecule has 5 nitrogen and oxygen atoms in total. The minimum atomic E-state index is -0.354. The molecule has 2 N–H and O–H groups in total. The minimum absolute atomic E-state index is 0.130. The second-order valence-electron chi connectivity index (χ2n) is 5.58. The molecule has 0 spiro atoms. The number of nitrogens with zero attached hydrogens (tertiary/aromatic N) is 1. The third-order valence-electron chi connectivity index (χ3n) is 3.70. The second kappa shape index (κ2) is 7.49. The lowest BCUT2D eigenvalue weighted by atomic mass is 10.1. The Morgan fingerprint density at radius 2 is 1.84 bits per heavy atom. The smallest absolute Gasteiger partial charge is 0.277 e. The number of hydrogen-bond donors (Lipinski definition) is 2. The van der Waals surface area contributed by atoms with E-state index in [2.05, 4.69) is 10.5 Å². The zero-order valence-electron chi connectivity index (χ0n) is 13.8. The first-order valence-electron chi connectivity index (χ1n) is 7.86. The maximum Gasteiger partial charge on any atom is 0.277 e. The summed E-state index contributed by atoms with van der Waals surface area (Å²) >= 11 is 0. The Morgan fingerprint density at radius 1 is 1.04 bits per heavy atom. The number of rotatable bonds is 5. The molecule has 0 radical (unpaired) electrons. The second-order valence-corrected chi connectivity index (χ2v) is 5.58. The number of phenolic OH excluding ortho intramolecular Hbond substituents is 1. The quantitative estimate of drug-likeness (QED) is 0.554. The summed E-state index contributed by atoms with van der Waals surface area (Å²) in [7, 11) is 0. The van der Waals surface area contributed by atoms with Gasteiger partial charge in [-0.05, 0) is 42.0 Å². The highest BCUT2D eigenvalue weighted by molar-refractivity contribution is 5.99. The van der Waals surface area contributed by atoms with Crippen LogP contribution in [0, 0.1) is 0 Å². The van der Waals surface area contributed by atoms with Gasteiger partial charge in [-0.3, -0.25) is 4.79 Å². The van der Waals surface area contributed by atoms with Crippen LogP contribution in [0.5, 0.6) is 11.5 Å². The molecule has 3 rings (SSSR count). The number of phenols is 1. The highest BCUT2D eigenvalue weighted by Gasteiger charge is 2.04. The Morgan fingerprint density at radius 3 is 2.64 bits per heavy atom. The average molecular weight is 334 g/mol. The first-order valence-corrected chi connectivity index (χ1v) is 7.86. The van der Waals surface area contributed by atoms with Crippen molar-refractivity contribution in [2.45, 2.75) is 6.92 Å². The number of hydrazone groups is 1. The van der Waals surface area contributed by atoms with E-state index in [-0.39, 0.29) is 18.3 Å². The molecule has 0 aliphatic carbocycles. The minimum Gasteiger partial charge on any atom is -0.508 e. The van der Waals surface area contributed by atoms with E-state index in [0.29, 0.717) is 11.5 Å².